The first-order valence-corrected chi connectivity index (χ1v) is 21.9. The summed E-state index contributed by atoms with van der Waals surface area (Å²) >= 11 is 24.1. The van der Waals surface area contributed by atoms with E-state index in [9.17, 15) is 55.1 Å². The number of halogens is 10. The number of ketones is 2. The van der Waals surface area contributed by atoms with E-state index in [0.717, 1.165) is 62.4 Å². The molecule has 0 aliphatic rings. The van der Waals surface area contributed by atoms with Gasteiger partial charge in [0.25, 0.3) is 23.6 Å². The maximum atomic E-state index is 13.6. The zero-order valence-corrected chi connectivity index (χ0v) is 39.7. The van der Waals surface area contributed by atoms with Gasteiger partial charge in [-0.3, -0.25) is 28.8 Å². The zero-order valence-electron chi connectivity index (χ0n) is 36.7. The maximum Gasteiger partial charge on any atom is 0.418 e. The molecule has 4 amide bonds. The predicted molar refractivity (Wildman–Crippen MR) is 252 cm³/mol. The number of carbonyl (C=O) groups is 6. The molecule has 366 valence electrons. The summed E-state index contributed by atoms with van der Waals surface area (Å²) in [5.41, 5.74) is -2.98. The SMILES string of the molecule is CCc1cc(NC(=O)C(N=Nc2cc(Cl)cc(C(=O)Nc3cc(Cl)ccc3C(F)(F)F)c2)C(C)=O)c(CC)cc1NC(=O)C(N=Nc1cc(Cl)cc(C(=O)Nc2cc(Cl)ccc2C(F)(F)F)c1)C(C)=O. The van der Waals surface area contributed by atoms with Gasteiger partial charge in [0.2, 0.25) is 12.1 Å². The summed E-state index contributed by atoms with van der Waals surface area (Å²) < 4.78 is 81.6. The monoisotopic (exact) mass is 1050 g/mol. The van der Waals surface area contributed by atoms with Crippen molar-refractivity contribution in [1.82, 2.24) is 0 Å². The van der Waals surface area contributed by atoms with Crippen LogP contribution in [0, 0.1) is 0 Å². The average Bonchev–Trinajstić information content (AvgIpc) is 3.25. The number of rotatable bonds is 16. The number of alkyl halides is 6. The van der Waals surface area contributed by atoms with E-state index in [-0.39, 0.29) is 66.8 Å². The van der Waals surface area contributed by atoms with E-state index in [1.54, 1.807) is 13.8 Å². The Labute approximate surface area is 414 Å². The Morgan fingerprint density at radius 1 is 0.486 bits per heavy atom. The first kappa shape index (κ1) is 54.2. The summed E-state index contributed by atoms with van der Waals surface area (Å²) in [5, 5.41) is 24.9. The molecule has 0 heterocycles. The van der Waals surface area contributed by atoms with Crippen molar-refractivity contribution in [2.75, 3.05) is 21.3 Å². The normalized spacial score (nSPS) is 12.7. The molecule has 14 nitrogen and oxygen atoms in total. The van der Waals surface area contributed by atoms with Crippen molar-refractivity contribution in [3.8, 4) is 0 Å². The van der Waals surface area contributed by atoms with Gasteiger partial charge in [0.1, 0.15) is 0 Å². The van der Waals surface area contributed by atoms with E-state index in [1.807, 2.05) is 0 Å². The van der Waals surface area contributed by atoms with Gasteiger partial charge in [0, 0.05) is 42.6 Å². The molecule has 2 unspecified atom stereocenters. The van der Waals surface area contributed by atoms with Crippen LogP contribution in [0.2, 0.25) is 20.1 Å². The molecular formula is C46H36Cl4F6N8O6. The van der Waals surface area contributed by atoms with Crippen LogP contribution in [0.15, 0.2) is 105 Å². The number of amides is 4. The number of anilines is 4. The average molecular weight is 1050 g/mol. The van der Waals surface area contributed by atoms with Gasteiger partial charge in [0.05, 0.1) is 33.9 Å². The first-order chi connectivity index (χ1) is 32.8. The minimum absolute atomic E-state index is 0.0774. The number of hydrogen-bond donors (Lipinski definition) is 4. The van der Waals surface area contributed by atoms with Crippen LogP contribution in [0.25, 0.3) is 0 Å². The molecule has 0 saturated carbocycles. The second kappa shape index (κ2) is 22.8. The van der Waals surface area contributed by atoms with Crippen LogP contribution in [0.3, 0.4) is 0 Å². The molecule has 0 spiro atoms. The molecule has 24 heteroatoms. The van der Waals surface area contributed by atoms with E-state index in [0.29, 0.717) is 23.3 Å². The van der Waals surface area contributed by atoms with Gasteiger partial charge in [-0.2, -0.15) is 46.8 Å². The topological polar surface area (TPSA) is 200 Å². The smallest absolute Gasteiger partial charge is 0.323 e. The quantitative estimate of drug-likeness (QED) is 0.0430. The molecule has 4 N–H and O–H groups in total. The minimum atomic E-state index is -4.83. The van der Waals surface area contributed by atoms with Crippen molar-refractivity contribution in [1.29, 1.82) is 0 Å². The molecular weight excluding hydrogens is 1020 g/mol. The van der Waals surface area contributed by atoms with Crippen molar-refractivity contribution in [2.24, 2.45) is 20.5 Å². The van der Waals surface area contributed by atoms with Crippen molar-refractivity contribution >= 4 is 116 Å². The highest BCUT2D eigenvalue weighted by molar-refractivity contribution is 6.32. The lowest BCUT2D eigenvalue weighted by Crippen LogP contribution is -2.33. The highest BCUT2D eigenvalue weighted by Gasteiger charge is 2.35. The Hall–Kier alpha value is -6.74. The highest BCUT2D eigenvalue weighted by Crippen LogP contribution is 2.38. The van der Waals surface area contributed by atoms with E-state index in [2.05, 4.69) is 41.7 Å². The third kappa shape index (κ3) is 14.2. The lowest BCUT2D eigenvalue weighted by Gasteiger charge is -2.18. The minimum Gasteiger partial charge on any atom is -0.323 e. The fourth-order valence-corrected chi connectivity index (χ4v) is 7.25. The molecule has 0 radical (unpaired) electrons. The number of azo groups is 2. The Kier molecular flexibility index (Phi) is 17.6. The van der Waals surface area contributed by atoms with Crippen LogP contribution in [0.5, 0.6) is 0 Å². The van der Waals surface area contributed by atoms with Gasteiger partial charge >= 0.3 is 12.4 Å². The van der Waals surface area contributed by atoms with Crippen LogP contribution in [0.1, 0.15) is 70.7 Å². The van der Waals surface area contributed by atoms with Crippen LogP contribution < -0.4 is 21.3 Å². The number of nitrogens with one attached hydrogen (secondary N) is 4. The third-order valence-corrected chi connectivity index (χ3v) is 10.7. The molecule has 0 bridgehead atoms. The van der Waals surface area contributed by atoms with Crippen molar-refractivity contribution in [2.45, 2.75) is 65.0 Å². The Bertz CT molecular complexity index is 2770. The van der Waals surface area contributed by atoms with Crippen molar-refractivity contribution in [3.63, 3.8) is 0 Å². The second-order valence-electron chi connectivity index (χ2n) is 15.0. The van der Waals surface area contributed by atoms with Crippen LogP contribution >= 0.6 is 46.4 Å². The van der Waals surface area contributed by atoms with Gasteiger partial charge in [-0.25, -0.2) is 0 Å². The zero-order chi connectivity index (χ0) is 51.8. The Morgan fingerprint density at radius 2 is 0.843 bits per heavy atom. The molecule has 0 aromatic heterocycles. The van der Waals surface area contributed by atoms with E-state index in [4.69, 9.17) is 46.4 Å². The largest absolute Gasteiger partial charge is 0.418 e. The fraction of sp³-hybridized carbons (Fsp3) is 0.217. The van der Waals surface area contributed by atoms with E-state index >= 15 is 0 Å². The molecule has 5 aromatic carbocycles. The number of hydrogen-bond acceptors (Lipinski definition) is 10. The maximum absolute atomic E-state index is 13.6. The number of carbonyl (C=O) groups excluding carboxylic acids is 6. The molecule has 5 aromatic rings. The number of benzene rings is 5. The summed E-state index contributed by atoms with van der Waals surface area (Å²) in [4.78, 5) is 78.7. The summed E-state index contributed by atoms with van der Waals surface area (Å²) in [5.74, 6) is -5.40. The lowest BCUT2D eigenvalue weighted by molar-refractivity contribution is -0.137. The summed E-state index contributed by atoms with van der Waals surface area (Å²) in [6, 6.07) is 11.8. The molecule has 0 fully saturated rings. The third-order valence-electron chi connectivity index (χ3n) is 9.81. The number of aryl methyl sites for hydroxylation is 2. The van der Waals surface area contributed by atoms with Gasteiger partial charge < -0.3 is 21.3 Å². The van der Waals surface area contributed by atoms with Crippen LogP contribution in [-0.4, -0.2) is 47.3 Å². The van der Waals surface area contributed by atoms with Crippen LogP contribution in [0.4, 0.5) is 60.5 Å². The summed E-state index contributed by atoms with van der Waals surface area (Å²) in [6.07, 6.45) is -9.13. The summed E-state index contributed by atoms with van der Waals surface area (Å²) in [6.45, 7) is 5.60. The Morgan fingerprint density at radius 3 is 1.16 bits per heavy atom. The molecule has 2 atom stereocenters. The molecule has 70 heavy (non-hydrogen) atoms. The highest BCUT2D eigenvalue weighted by atomic mass is 35.5. The van der Waals surface area contributed by atoms with Crippen LogP contribution in [-0.2, 0) is 44.4 Å². The van der Waals surface area contributed by atoms with E-state index in [1.165, 1.54) is 24.3 Å². The molecule has 0 aliphatic heterocycles. The molecule has 0 aliphatic carbocycles. The van der Waals surface area contributed by atoms with Gasteiger partial charge in [-0.1, -0.05) is 60.3 Å². The van der Waals surface area contributed by atoms with Crippen molar-refractivity contribution in [3.05, 3.63) is 138 Å². The standard InChI is InChI=1S/C46H36Cl4F6N8O6/c1-5-23-15-36(58-44(70)40(22(4)66)64-62-32-14-26(12-30(50)18-32)42(68)60-38-20-28(48)8-10-34(38)46(54,55)56)24(6-2)16-35(23)57-43(69)39(21(3)65)63-61-31-13-25(11-29(49)17-31)41(67)59-37-19-27(47)7-9-33(37)45(51,52)53/h7-20,39-40H,5-6H2,1-4H3,(H,57,69)(H,58,70)(H,59,67)(H,60,68). The first-order valence-electron chi connectivity index (χ1n) is 20.3. The van der Waals surface area contributed by atoms with Gasteiger partial charge in [0.15, 0.2) is 11.6 Å². The number of Topliss-reactive ketones (excluding diaryl/α,β-unsaturated/α-hetero) is 2. The molecule has 0 saturated heterocycles. The molecule has 5 rings (SSSR count). The number of nitrogens with zero attached hydrogens (tertiary/aromatic N) is 4. The Balaban J connectivity index is 1.32. The lowest BCUT2D eigenvalue weighted by atomic mass is 10.0. The predicted octanol–water partition coefficient (Wildman–Crippen LogP) is 13.3. The summed E-state index contributed by atoms with van der Waals surface area (Å²) in [7, 11) is 0. The second-order valence-corrected chi connectivity index (χ2v) is 16.7. The van der Waals surface area contributed by atoms with E-state index < -0.39 is 82.1 Å². The van der Waals surface area contributed by atoms with Gasteiger partial charge in [-0.05, 0) is 123 Å². The fourth-order valence-electron chi connectivity index (χ4n) is 6.44. The van der Waals surface area contributed by atoms with Crippen molar-refractivity contribution < 1.29 is 55.1 Å². The van der Waals surface area contributed by atoms with Gasteiger partial charge in [-0.15, -0.1) is 0 Å².